The fraction of sp³-hybridized carbons (Fsp3) is 0.522. The number of hydrogen-bond acceptors (Lipinski definition) is 7. The number of anilines is 1. The van der Waals surface area contributed by atoms with E-state index < -0.39 is 0 Å². The number of benzene rings is 1. The van der Waals surface area contributed by atoms with Gasteiger partial charge in [-0.05, 0) is 37.0 Å². The molecule has 3 aromatic rings. The van der Waals surface area contributed by atoms with E-state index in [2.05, 4.69) is 29.3 Å². The van der Waals surface area contributed by atoms with Gasteiger partial charge in [0.05, 0.1) is 26.5 Å². The summed E-state index contributed by atoms with van der Waals surface area (Å²) in [6.07, 6.45) is 3.10. The van der Waals surface area contributed by atoms with E-state index >= 15 is 0 Å². The zero-order chi connectivity index (χ0) is 21.8. The molecule has 8 heteroatoms. The first-order valence-electron chi connectivity index (χ1n) is 10.8. The van der Waals surface area contributed by atoms with E-state index in [1.807, 2.05) is 10.6 Å². The van der Waals surface area contributed by atoms with Crippen molar-refractivity contribution in [3.8, 4) is 22.9 Å². The third-order valence-electron chi connectivity index (χ3n) is 5.73. The fourth-order valence-electron chi connectivity index (χ4n) is 4.29. The third kappa shape index (κ3) is 4.24. The van der Waals surface area contributed by atoms with E-state index in [4.69, 9.17) is 24.0 Å². The highest BCUT2D eigenvalue weighted by Gasteiger charge is 2.29. The van der Waals surface area contributed by atoms with Gasteiger partial charge in [-0.2, -0.15) is 0 Å². The number of rotatable bonds is 9. The molecule has 4 rings (SSSR count). The normalized spacial score (nSPS) is 14.8. The van der Waals surface area contributed by atoms with Crippen molar-refractivity contribution >= 4 is 21.9 Å². The minimum Gasteiger partial charge on any atom is -0.496 e. The lowest BCUT2D eigenvalue weighted by atomic mass is 10.1. The minimum absolute atomic E-state index is 0.434. The standard InChI is InChI=1S/C23H31N3O4S/c1-5-10-25(17-8-11-30-12-9-17)21-22(29-4)24-26-19(15-31-23(21)26)18-7-6-16(14-27-2)13-20(18)28-3/h6-7,13,15,17H,5,8-12,14H2,1-4H3. The molecule has 0 bridgehead atoms. The lowest BCUT2D eigenvalue weighted by Gasteiger charge is -2.35. The predicted octanol–water partition coefficient (Wildman–Crippen LogP) is 4.62. The van der Waals surface area contributed by atoms with Gasteiger partial charge in [-0.1, -0.05) is 13.0 Å². The van der Waals surface area contributed by atoms with Crippen LogP contribution in [0.2, 0.25) is 0 Å². The maximum absolute atomic E-state index is 5.76. The van der Waals surface area contributed by atoms with Crippen molar-refractivity contribution in [2.24, 2.45) is 0 Å². The summed E-state index contributed by atoms with van der Waals surface area (Å²) in [5.41, 5.74) is 4.15. The molecular formula is C23H31N3O4S. The summed E-state index contributed by atoms with van der Waals surface area (Å²) >= 11 is 1.69. The smallest absolute Gasteiger partial charge is 0.258 e. The minimum atomic E-state index is 0.434. The molecule has 1 aliphatic rings. The average molecular weight is 446 g/mol. The number of thiazole rings is 1. The van der Waals surface area contributed by atoms with Gasteiger partial charge >= 0.3 is 0 Å². The molecule has 1 aliphatic heterocycles. The van der Waals surface area contributed by atoms with Crippen LogP contribution in [0, 0.1) is 0 Å². The summed E-state index contributed by atoms with van der Waals surface area (Å²) in [6.45, 7) is 5.33. The quantitative estimate of drug-likeness (QED) is 0.479. The van der Waals surface area contributed by atoms with E-state index in [0.717, 1.165) is 72.1 Å². The average Bonchev–Trinajstić information content (AvgIpc) is 3.37. The Labute approximate surface area is 187 Å². The van der Waals surface area contributed by atoms with Crippen LogP contribution in [-0.4, -0.2) is 56.7 Å². The molecule has 3 heterocycles. The highest BCUT2D eigenvalue weighted by atomic mass is 32.1. The predicted molar refractivity (Wildman–Crippen MR) is 124 cm³/mol. The SMILES string of the molecule is CCCN(c1c(OC)nn2c(-c3ccc(COC)cc3OC)csc12)C1CCOCC1. The lowest BCUT2D eigenvalue weighted by Crippen LogP contribution is -2.40. The summed E-state index contributed by atoms with van der Waals surface area (Å²) in [5, 5.41) is 7.00. The second kappa shape index (κ2) is 9.89. The van der Waals surface area contributed by atoms with Crippen LogP contribution in [0.5, 0.6) is 11.6 Å². The molecular weight excluding hydrogens is 414 g/mol. The molecule has 0 atom stereocenters. The van der Waals surface area contributed by atoms with E-state index in [0.29, 0.717) is 18.5 Å². The molecule has 0 amide bonds. The third-order valence-corrected chi connectivity index (χ3v) is 6.66. The molecule has 0 N–H and O–H groups in total. The van der Waals surface area contributed by atoms with Gasteiger partial charge in [-0.15, -0.1) is 16.4 Å². The summed E-state index contributed by atoms with van der Waals surface area (Å²) in [5.74, 6) is 1.48. The van der Waals surface area contributed by atoms with Gasteiger partial charge in [0.15, 0.2) is 0 Å². The van der Waals surface area contributed by atoms with E-state index in [-0.39, 0.29) is 0 Å². The first kappa shape index (κ1) is 21.9. The number of nitrogens with zero attached hydrogens (tertiary/aromatic N) is 3. The maximum Gasteiger partial charge on any atom is 0.258 e. The zero-order valence-electron chi connectivity index (χ0n) is 18.7. The molecule has 0 saturated carbocycles. The molecule has 0 aliphatic carbocycles. The molecule has 31 heavy (non-hydrogen) atoms. The first-order valence-corrected chi connectivity index (χ1v) is 11.6. The summed E-state index contributed by atoms with van der Waals surface area (Å²) in [6, 6.07) is 6.60. The molecule has 1 aromatic carbocycles. The van der Waals surface area contributed by atoms with Crippen LogP contribution in [0.25, 0.3) is 16.1 Å². The number of aromatic nitrogens is 2. The van der Waals surface area contributed by atoms with Crippen molar-refractivity contribution in [1.82, 2.24) is 9.61 Å². The van der Waals surface area contributed by atoms with Crippen molar-refractivity contribution in [2.75, 3.05) is 46.0 Å². The summed E-state index contributed by atoms with van der Waals surface area (Å²) in [7, 11) is 5.09. The van der Waals surface area contributed by atoms with Crippen molar-refractivity contribution in [2.45, 2.75) is 38.8 Å². The highest BCUT2D eigenvalue weighted by Crippen LogP contribution is 2.42. The van der Waals surface area contributed by atoms with Crippen LogP contribution in [0.3, 0.4) is 0 Å². The van der Waals surface area contributed by atoms with Crippen LogP contribution < -0.4 is 14.4 Å². The molecule has 0 spiro atoms. The Bertz CT molecular complexity index is 1010. The van der Waals surface area contributed by atoms with Gasteiger partial charge in [0.2, 0.25) is 0 Å². The van der Waals surface area contributed by atoms with Gasteiger partial charge in [-0.25, -0.2) is 4.52 Å². The van der Waals surface area contributed by atoms with Gasteiger partial charge in [0, 0.05) is 43.9 Å². The van der Waals surface area contributed by atoms with Gasteiger partial charge in [0.25, 0.3) is 5.88 Å². The molecule has 168 valence electrons. The highest BCUT2D eigenvalue weighted by molar-refractivity contribution is 7.16. The van der Waals surface area contributed by atoms with E-state index in [1.165, 1.54) is 0 Å². The number of hydrogen-bond donors (Lipinski definition) is 0. The van der Waals surface area contributed by atoms with Crippen molar-refractivity contribution < 1.29 is 18.9 Å². The Hall–Kier alpha value is -2.29. The monoisotopic (exact) mass is 445 g/mol. The van der Waals surface area contributed by atoms with Crippen molar-refractivity contribution in [3.05, 3.63) is 29.1 Å². The van der Waals surface area contributed by atoms with Crippen LogP contribution in [0.1, 0.15) is 31.7 Å². The van der Waals surface area contributed by atoms with Crippen LogP contribution in [0.15, 0.2) is 23.6 Å². The van der Waals surface area contributed by atoms with Gasteiger partial charge in [-0.3, -0.25) is 0 Å². The molecule has 2 aromatic heterocycles. The summed E-state index contributed by atoms with van der Waals surface area (Å²) in [4.78, 5) is 3.57. The Morgan fingerprint density at radius 3 is 2.68 bits per heavy atom. The van der Waals surface area contributed by atoms with E-state index in [9.17, 15) is 0 Å². The van der Waals surface area contributed by atoms with Crippen LogP contribution in [-0.2, 0) is 16.1 Å². The molecule has 0 unspecified atom stereocenters. The largest absolute Gasteiger partial charge is 0.496 e. The topological polar surface area (TPSA) is 57.5 Å². The number of fused-ring (bicyclic) bond motifs is 1. The first-order chi connectivity index (χ1) is 15.2. The Morgan fingerprint density at radius 2 is 2.00 bits per heavy atom. The van der Waals surface area contributed by atoms with Gasteiger partial charge in [0.1, 0.15) is 16.3 Å². The second-order valence-electron chi connectivity index (χ2n) is 7.70. The Balaban J connectivity index is 1.80. The van der Waals surface area contributed by atoms with Crippen molar-refractivity contribution in [3.63, 3.8) is 0 Å². The zero-order valence-corrected chi connectivity index (χ0v) is 19.5. The van der Waals surface area contributed by atoms with Crippen molar-refractivity contribution in [1.29, 1.82) is 0 Å². The second-order valence-corrected chi connectivity index (χ2v) is 8.56. The number of ether oxygens (including phenoxy) is 4. The fourth-order valence-corrected chi connectivity index (χ4v) is 5.29. The molecule has 1 fully saturated rings. The Morgan fingerprint density at radius 1 is 1.19 bits per heavy atom. The maximum atomic E-state index is 5.76. The number of methoxy groups -OCH3 is 3. The lowest BCUT2D eigenvalue weighted by molar-refractivity contribution is 0.0843. The molecule has 1 saturated heterocycles. The molecule has 7 nitrogen and oxygen atoms in total. The van der Waals surface area contributed by atoms with Crippen LogP contribution in [0.4, 0.5) is 5.69 Å². The Kier molecular flexibility index (Phi) is 6.99. The van der Waals surface area contributed by atoms with E-state index in [1.54, 1.807) is 32.7 Å². The molecule has 0 radical (unpaired) electrons. The van der Waals surface area contributed by atoms with Crippen LogP contribution >= 0.6 is 11.3 Å². The summed E-state index contributed by atoms with van der Waals surface area (Å²) < 4.78 is 24.3. The van der Waals surface area contributed by atoms with Gasteiger partial charge < -0.3 is 23.8 Å².